The van der Waals surface area contributed by atoms with Crippen LogP contribution in [0.2, 0.25) is 0 Å². The van der Waals surface area contributed by atoms with Gasteiger partial charge < -0.3 is 5.11 Å². The average Bonchev–Trinajstić information content (AvgIpc) is 2.35. The molecule has 0 bridgehead atoms. The van der Waals surface area contributed by atoms with Gasteiger partial charge in [0, 0.05) is 28.6 Å². The molecule has 2 atom stereocenters. The fourth-order valence-electron chi connectivity index (χ4n) is 1.95. The van der Waals surface area contributed by atoms with Crippen LogP contribution >= 0.6 is 15.9 Å². The van der Waals surface area contributed by atoms with Crippen molar-refractivity contribution < 1.29 is 17.7 Å². The molecule has 0 aliphatic carbocycles. The summed E-state index contributed by atoms with van der Waals surface area (Å²) >= 11 is 3.08. The van der Waals surface area contributed by atoms with E-state index in [1.807, 2.05) is 0 Å². The minimum absolute atomic E-state index is 0.0369. The molecule has 0 spiro atoms. The first-order valence-electron chi connectivity index (χ1n) is 5.88. The molecule has 0 amide bonds. The summed E-state index contributed by atoms with van der Waals surface area (Å²) in [5, 5.41) is 8.92. The highest BCUT2D eigenvalue weighted by atomic mass is 79.9. The molecule has 1 heterocycles. The summed E-state index contributed by atoms with van der Waals surface area (Å²) in [5.41, 5.74) is 0. The Balaban J connectivity index is 2.34. The number of nitrogens with one attached hydrogen (secondary N) is 1. The Bertz CT molecular complexity index is 731. The third-order valence-corrected chi connectivity index (χ3v) is 8.05. The molecular formula is C11H15BrN2O4S2. The van der Waals surface area contributed by atoms with Gasteiger partial charge in [-0.3, -0.25) is 4.78 Å². The third kappa shape index (κ3) is 2.85. The number of rotatable bonds is 2. The van der Waals surface area contributed by atoms with E-state index in [-0.39, 0.29) is 29.5 Å². The average molecular weight is 383 g/mol. The molecule has 112 valence electrons. The maximum atomic E-state index is 12.5. The second-order valence-corrected chi connectivity index (χ2v) is 10.2. The molecule has 1 aliphatic heterocycles. The van der Waals surface area contributed by atoms with E-state index in [1.54, 1.807) is 6.92 Å². The van der Waals surface area contributed by atoms with E-state index in [0.29, 0.717) is 4.47 Å². The molecular weight excluding hydrogens is 368 g/mol. The van der Waals surface area contributed by atoms with Crippen molar-refractivity contribution in [1.82, 2.24) is 4.31 Å². The number of nitrogens with zero attached hydrogens (tertiary/aromatic N) is 1. The number of halogens is 1. The van der Waals surface area contributed by atoms with Gasteiger partial charge in [-0.2, -0.15) is 4.31 Å². The Hall–Kier alpha value is -0.640. The van der Waals surface area contributed by atoms with Gasteiger partial charge in [-0.05, 0) is 41.1 Å². The predicted octanol–water partition coefficient (Wildman–Crippen LogP) is 1.59. The van der Waals surface area contributed by atoms with Gasteiger partial charge in [-0.15, -0.1) is 0 Å². The van der Waals surface area contributed by atoms with Gasteiger partial charge in [0.1, 0.15) is 5.75 Å². The van der Waals surface area contributed by atoms with Gasteiger partial charge in [-0.25, -0.2) is 12.6 Å². The molecule has 9 heteroatoms. The highest BCUT2D eigenvalue weighted by Crippen LogP contribution is 2.29. The minimum Gasteiger partial charge on any atom is -0.507 e. The minimum atomic E-state index is -3.70. The van der Waals surface area contributed by atoms with Crippen LogP contribution in [0.1, 0.15) is 6.92 Å². The van der Waals surface area contributed by atoms with Crippen LogP contribution in [0.3, 0.4) is 0 Å². The van der Waals surface area contributed by atoms with Crippen molar-refractivity contribution in [3.63, 3.8) is 0 Å². The molecule has 1 aliphatic rings. The quantitative estimate of drug-likeness (QED) is 0.810. The molecule has 1 aromatic carbocycles. The number of benzene rings is 1. The Morgan fingerprint density at radius 1 is 1.50 bits per heavy atom. The Morgan fingerprint density at radius 3 is 2.70 bits per heavy atom. The van der Waals surface area contributed by atoms with E-state index in [0.717, 1.165) is 0 Å². The SMILES string of the molecule is CC1CN(S(=O)(=O)c2ccc(O)c(Br)c2)CCS1(=N)=O. The molecule has 0 saturated carbocycles. The second kappa shape index (κ2) is 5.28. The van der Waals surface area contributed by atoms with E-state index >= 15 is 0 Å². The fraction of sp³-hybridized carbons (Fsp3) is 0.455. The van der Waals surface area contributed by atoms with Crippen LogP contribution in [0.5, 0.6) is 5.75 Å². The lowest BCUT2D eigenvalue weighted by molar-refractivity contribution is 0.415. The van der Waals surface area contributed by atoms with Crippen LogP contribution in [0.25, 0.3) is 0 Å². The Kier molecular flexibility index (Phi) is 4.16. The first-order valence-corrected chi connectivity index (χ1v) is 9.91. The topological polar surface area (TPSA) is 98.5 Å². The second-order valence-electron chi connectivity index (χ2n) is 4.72. The number of phenolic OH excluding ortho intramolecular Hbond substituents is 1. The van der Waals surface area contributed by atoms with Gasteiger partial charge in [0.05, 0.1) is 14.6 Å². The lowest BCUT2D eigenvalue weighted by atomic mass is 10.3. The molecule has 2 unspecified atom stereocenters. The molecule has 2 rings (SSSR count). The van der Waals surface area contributed by atoms with Gasteiger partial charge in [0.25, 0.3) is 0 Å². The number of phenols is 1. The van der Waals surface area contributed by atoms with E-state index in [2.05, 4.69) is 15.9 Å². The van der Waals surface area contributed by atoms with E-state index in [4.69, 9.17) is 4.78 Å². The van der Waals surface area contributed by atoms with E-state index < -0.39 is 25.0 Å². The zero-order chi connectivity index (χ0) is 15.1. The zero-order valence-corrected chi connectivity index (χ0v) is 14.0. The Labute approximate surface area is 127 Å². The first kappa shape index (κ1) is 15.7. The van der Waals surface area contributed by atoms with Crippen LogP contribution in [-0.2, 0) is 19.8 Å². The maximum Gasteiger partial charge on any atom is 0.243 e. The largest absolute Gasteiger partial charge is 0.507 e. The summed E-state index contributed by atoms with van der Waals surface area (Å²) in [6, 6.07) is 3.96. The van der Waals surface area contributed by atoms with Crippen LogP contribution < -0.4 is 0 Å². The van der Waals surface area contributed by atoms with Crippen molar-refractivity contribution in [2.45, 2.75) is 17.1 Å². The Morgan fingerprint density at radius 2 is 2.15 bits per heavy atom. The fourth-order valence-corrected chi connectivity index (χ4v) is 5.56. The number of aromatic hydroxyl groups is 1. The van der Waals surface area contributed by atoms with Crippen LogP contribution in [0.4, 0.5) is 0 Å². The molecule has 1 aromatic rings. The smallest absolute Gasteiger partial charge is 0.243 e. The third-order valence-electron chi connectivity index (χ3n) is 3.31. The van der Waals surface area contributed by atoms with E-state index in [9.17, 15) is 17.7 Å². The first-order chi connectivity index (χ1) is 9.14. The molecule has 1 saturated heterocycles. The summed E-state index contributed by atoms with van der Waals surface area (Å²) in [4.78, 5) is 0.0627. The van der Waals surface area contributed by atoms with Crippen molar-refractivity contribution in [1.29, 1.82) is 4.78 Å². The zero-order valence-electron chi connectivity index (χ0n) is 10.7. The normalized spacial score (nSPS) is 28.4. The summed E-state index contributed by atoms with van der Waals surface area (Å²) in [7, 11) is -6.41. The molecule has 1 fully saturated rings. The maximum absolute atomic E-state index is 12.5. The number of sulfonamides is 1. The summed E-state index contributed by atoms with van der Waals surface area (Å²) in [6.45, 7) is 1.78. The van der Waals surface area contributed by atoms with Gasteiger partial charge in [0.15, 0.2) is 0 Å². The van der Waals surface area contributed by atoms with Gasteiger partial charge in [0.2, 0.25) is 10.0 Å². The van der Waals surface area contributed by atoms with E-state index in [1.165, 1.54) is 22.5 Å². The van der Waals surface area contributed by atoms with Crippen molar-refractivity contribution in [2.24, 2.45) is 0 Å². The number of hydrogen-bond donors (Lipinski definition) is 2. The van der Waals surface area contributed by atoms with Crippen molar-refractivity contribution >= 4 is 35.7 Å². The van der Waals surface area contributed by atoms with Crippen LogP contribution in [0.15, 0.2) is 27.6 Å². The highest BCUT2D eigenvalue weighted by Gasteiger charge is 2.34. The van der Waals surface area contributed by atoms with Crippen molar-refractivity contribution in [2.75, 3.05) is 18.8 Å². The van der Waals surface area contributed by atoms with Crippen molar-refractivity contribution in [3.8, 4) is 5.75 Å². The molecule has 20 heavy (non-hydrogen) atoms. The number of hydrogen-bond acceptors (Lipinski definition) is 5. The summed E-state index contributed by atoms with van der Waals surface area (Å²) < 4.78 is 46.0. The molecule has 2 N–H and O–H groups in total. The van der Waals surface area contributed by atoms with Gasteiger partial charge >= 0.3 is 0 Å². The molecule has 0 radical (unpaired) electrons. The summed E-state index contributed by atoms with van der Waals surface area (Å²) in [6.07, 6.45) is 0. The monoisotopic (exact) mass is 382 g/mol. The predicted molar refractivity (Wildman–Crippen MR) is 79.8 cm³/mol. The molecule has 6 nitrogen and oxygen atoms in total. The van der Waals surface area contributed by atoms with Crippen LogP contribution in [-0.4, -0.2) is 46.1 Å². The van der Waals surface area contributed by atoms with Crippen LogP contribution in [0, 0.1) is 4.78 Å². The summed E-state index contributed by atoms with van der Waals surface area (Å²) in [5.74, 6) is 0.0114. The van der Waals surface area contributed by atoms with Gasteiger partial charge in [-0.1, -0.05) is 0 Å². The lowest BCUT2D eigenvalue weighted by Crippen LogP contribution is -2.47. The standard InChI is InChI=1S/C11H15BrN2O4S2/c1-8-7-14(4-5-19(8,13)16)20(17,18)9-2-3-11(15)10(12)6-9/h2-3,6,8,13,15H,4-5,7H2,1H3. The highest BCUT2D eigenvalue weighted by molar-refractivity contribution is 9.10. The lowest BCUT2D eigenvalue weighted by Gasteiger charge is -2.31. The molecule has 0 aromatic heterocycles. The van der Waals surface area contributed by atoms with Crippen molar-refractivity contribution in [3.05, 3.63) is 22.7 Å².